The Labute approximate surface area is 152 Å². The number of aromatic amines is 1. The van der Waals surface area contributed by atoms with Crippen molar-refractivity contribution in [3.8, 4) is 0 Å². The van der Waals surface area contributed by atoms with E-state index in [0.29, 0.717) is 18.6 Å². The van der Waals surface area contributed by atoms with Crippen molar-refractivity contribution in [3.05, 3.63) is 37.6 Å². The van der Waals surface area contributed by atoms with Gasteiger partial charge in [0.2, 0.25) is 0 Å². The van der Waals surface area contributed by atoms with Gasteiger partial charge in [-0.05, 0) is 30.3 Å². The number of aromatic nitrogens is 2. The van der Waals surface area contributed by atoms with Crippen LogP contribution in [0.2, 0.25) is 0 Å². The average molecular weight is 417 g/mol. The predicted octanol–water partition coefficient (Wildman–Crippen LogP) is 1.09. The first-order valence-electron chi connectivity index (χ1n) is 8.28. The van der Waals surface area contributed by atoms with E-state index in [9.17, 15) is 14.7 Å². The molecule has 0 bridgehead atoms. The van der Waals surface area contributed by atoms with Gasteiger partial charge in [-0.1, -0.05) is 15.9 Å². The molecule has 4 atom stereocenters. The number of nitrogens with one attached hydrogen (secondary N) is 1. The number of aliphatic hydroxyl groups excluding tert-OH is 1. The van der Waals surface area contributed by atoms with Gasteiger partial charge in [0.1, 0.15) is 12.3 Å². The molecule has 138 valence electrons. The van der Waals surface area contributed by atoms with Gasteiger partial charge in [-0.25, -0.2) is 4.79 Å². The van der Waals surface area contributed by atoms with E-state index in [1.807, 2.05) is 0 Å². The first-order chi connectivity index (χ1) is 12.1. The summed E-state index contributed by atoms with van der Waals surface area (Å²) in [7, 11) is 0. The molecule has 25 heavy (non-hydrogen) atoms. The van der Waals surface area contributed by atoms with Crippen LogP contribution in [0.3, 0.4) is 0 Å². The second kappa shape index (κ2) is 8.41. The quantitative estimate of drug-likeness (QED) is 0.744. The minimum atomic E-state index is -0.627. The predicted molar refractivity (Wildman–Crippen MR) is 93.4 cm³/mol. The summed E-state index contributed by atoms with van der Waals surface area (Å²) in [5.41, 5.74) is -0.717. The van der Waals surface area contributed by atoms with E-state index >= 15 is 0 Å². The van der Waals surface area contributed by atoms with Crippen molar-refractivity contribution in [1.82, 2.24) is 9.55 Å². The molecule has 9 heteroatoms. The number of ether oxygens (including phenoxy) is 3. The van der Waals surface area contributed by atoms with Crippen LogP contribution in [0.4, 0.5) is 0 Å². The number of hydrogen-bond donors (Lipinski definition) is 2. The van der Waals surface area contributed by atoms with Crippen molar-refractivity contribution >= 4 is 22.0 Å². The molecule has 2 fully saturated rings. The Morgan fingerprint density at radius 1 is 1.44 bits per heavy atom. The maximum absolute atomic E-state index is 12.1. The molecule has 8 nitrogen and oxygen atoms in total. The normalized spacial score (nSPS) is 30.2. The van der Waals surface area contributed by atoms with Crippen LogP contribution in [0, 0.1) is 0 Å². The number of nitrogens with zero attached hydrogens (tertiary/aromatic N) is 1. The molecular formula is C16H21BrN2O6. The second-order valence-corrected chi connectivity index (χ2v) is 6.59. The molecule has 0 aromatic carbocycles. The zero-order chi connectivity index (χ0) is 17.8. The van der Waals surface area contributed by atoms with Gasteiger partial charge in [-0.2, -0.15) is 0 Å². The molecule has 0 radical (unpaired) electrons. The van der Waals surface area contributed by atoms with Gasteiger partial charge in [-0.3, -0.25) is 14.3 Å². The molecule has 1 unspecified atom stereocenters. The molecule has 0 saturated carbocycles. The zero-order valence-corrected chi connectivity index (χ0v) is 15.2. The Morgan fingerprint density at radius 2 is 2.28 bits per heavy atom. The van der Waals surface area contributed by atoms with E-state index < -0.39 is 23.6 Å². The Morgan fingerprint density at radius 3 is 2.96 bits per heavy atom. The molecule has 0 spiro atoms. The van der Waals surface area contributed by atoms with Crippen molar-refractivity contribution in [3.63, 3.8) is 0 Å². The van der Waals surface area contributed by atoms with Gasteiger partial charge < -0.3 is 19.3 Å². The molecule has 1 aromatic heterocycles. The lowest BCUT2D eigenvalue weighted by Gasteiger charge is -2.27. The third kappa shape index (κ3) is 4.29. The monoisotopic (exact) mass is 416 g/mol. The lowest BCUT2D eigenvalue weighted by atomic mass is 10.1. The fourth-order valence-corrected chi connectivity index (χ4v) is 3.38. The number of hydrogen-bond acceptors (Lipinski definition) is 6. The fourth-order valence-electron chi connectivity index (χ4n) is 3.09. The van der Waals surface area contributed by atoms with Crippen LogP contribution >= 0.6 is 15.9 Å². The number of aliphatic hydroxyl groups is 1. The van der Waals surface area contributed by atoms with Gasteiger partial charge >= 0.3 is 5.69 Å². The number of halogens is 1. The molecule has 3 heterocycles. The molecule has 0 aliphatic carbocycles. The zero-order valence-electron chi connectivity index (χ0n) is 13.6. The van der Waals surface area contributed by atoms with Crippen molar-refractivity contribution in [1.29, 1.82) is 0 Å². The van der Waals surface area contributed by atoms with Crippen LogP contribution in [0.25, 0.3) is 6.08 Å². The Bertz CT molecular complexity index is 724. The van der Waals surface area contributed by atoms with Crippen molar-refractivity contribution in [2.24, 2.45) is 0 Å². The summed E-state index contributed by atoms with van der Waals surface area (Å²) in [6.45, 7) is 0.438. The highest BCUT2D eigenvalue weighted by Crippen LogP contribution is 2.31. The maximum atomic E-state index is 12.1. The summed E-state index contributed by atoms with van der Waals surface area (Å²) < 4.78 is 18.6. The first-order valence-corrected chi connectivity index (χ1v) is 9.19. The largest absolute Gasteiger partial charge is 0.394 e. The standard InChI is InChI=1S/C16H21BrN2O6/c17-5-4-10-8-19(16(22)18-15(10)21)13-7-11(12(9-20)24-13)25-14-3-1-2-6-23-14/h4-5,8,11-14,20H,1-3,6-7,9H2,(H,18,21,22)/t11-,12+,13+,14?/m0/s1. The van der Waals surface area contributed by atoms with E-state index in [4.69, 9.17) is 14.2 Å². The van der Waals surface area contributed by atoms with E-state index in [1.54, 1.807) is 0 Å². The highest BCUT2D eigenvalue weighted by molar-refractivity contribution is 9.11. The molecule has 3 rings (SSSR count). The molecule has 2 aliphatic rings. The smallest absolute Gasteiger partial charge is 0.330 e. The van der Waals surface area contributed by atoms with Gasteiger partial charge in [0.15, 0.2) is 6.29 Å². The summed E-state index contributed by atoms with van der Waals surface area (Å²) in [6, 6.07) is 0. The molecule has 0 amide bonds. The summed E-state index contributed by atoms with van der Waals surface area (Å²) in [4.78, 5) is 27.7. The minimum absolute atomic E-state index is 0.222. The van der Waals surface area contributed by atoms with Crippen LogP contribution in [0.5, 0.6) is 0 Å². The van der Waals surface area contributed by atoms with Crippen LogP contribution in [-0.2, 0) is 14.2 Å². The SMILES string of the molecule is O=c1[nH]c(=O)n([C@H]2C[C@H](OC3CCCCO3)[C@@H](CO)O2)cc1C=CBr. The van der Waals surface area contributed by atoms with Gasteiger partial charge in [0.25, 0.3) is 5.56 Å². The van der Waals surface area contributed by atoms with Crippen LogP contribution in [0.1, 0.15) is 37.5 Å². The highest BCUT2D eigenvalue weighted by Gasteiger charge is 2.39. The molecule has 2 aliphatic heterocycles. The van der Waals surface area contributed by atoms with E-state index in [-0.39, 0.29) is 19.0 Å². The van der Waals surface area contributed by atoms with Gasteiger partial charge in [0, 0.05) is 19.2 Å². The topological polar surface area (TPSA) is 103 Å². The van der Waals surface area contributed by atoms with Crippen molar-refractivity contribution < 1.29 is 19.3 Å². The fraction of sp³-hybridized carbons (Fsp3) is 0.625. The van der Waals surface area contributed by atoms with Crippen molar-refractivity contribution in [2.75, 3.05) is 13.2 Å². The summed E-state index contributed by atoms with van der Waals surface area (Å²) in [5.74, 6) is 0. The summed E-state index contributed by atoms with van der Waals surface area (Å²) in [5, 5.41) is 9.57. The third-order valence-corrected chi connectivity index (χ3v) is 4.64. The van der Waals surface area contributed by atoms with E-state index in [0.717, 1.165) is 19.3 Å². The third-order valence-electron chi connectivity index (χ3n) is 4.37. The van der Waals surface area contributed by atoms with E-state index in [1.165, 1.54) is 21.8 Å². The maximum Gasteiger partial charge on any atom is 0.330 e. The minimum Gasteiger partial charge on any atom is -0.394 e. The van der Waals surface area contributed by atoms with Gasteiger partial charge in [-0.15, -0.1) is 0 Å². The average Bonchev–Trinajstić information content (AvgIpc) is 3.01. The lowest BCUT2D eigenvalue weighted by Crippen LogP contribution is -2.34. The van der Waals surface area contributed by atoms with Crippen LogP contribution < -0.4 is 11.2 Å². The molecule has 2 saturated heterocycles. The number of rotatable bonds is 5. The number of H-pyrrole nitrogens is 1. The van der Waals surface area contributed by atoms with Crippen LogP contribution in [0.15, 0.2) is 20.8 Å². The highest BCUT2D eigenvalue weighted by atomic mass is 79.9. The second-order valence-electron chi connectivity index (χ2n) is 6.06. The lowest BCUT2D eigenvalue weighted by molar-refractivity contribution is -0.199. The Kier molecular flexibility index (Phi) is 6.24. The first kappa shape index (κ1) is 18.5. The molecular weight excluding hydrogens is 396 g/mol. The van der Waals surface area contributed by atoms with Gasteiger partial charge in [0.05, 0.1) is 18.3 Å². The molecule has 2 N–H and O–H groups in total. The summed E-state index contributed by atoms with van der Waals surface area (Å²) in [6.07, 6.45) is 4.35. The Hall–Kier alpha value is -1.26. The van der Waals surface area contributed by atoms with E-state index in [2.05, 4.69) is 20.9 Å². The van der Waals surface area contributed by atoms with Crippen molar-refractivity contribution in [2.45, 2.75) is 50.4 Å². The van der Waals surface area contributed by atoms with Crippen LogP contribution in [-0.4, -0.2) is 46.4 Å². The Balaban J connectivity index is 1.78. The molecule has 1 aromatic rings. The summed E-state index contributed by atoms with van der Waals surface area (Å²) >= 11 is 3.11.